The van der Waals surface area contributed by atoms with Gasteiger partial charge in [0.15, 0.2) is 5.69 Å². The number of hydrogen-bond donors (Lipinski definition) is 3. The lowest BCUT2D eigenvalue weighted by Crippen LogP contribution is -2.50. The largest absolute Gasteiger partial charge is 0.364 e. The Balaban J connectivity index is 1.35. The van der Waals surface area contributed by atoms with Crippen molar-refractivity contribution in [2.75, 3.05) is 5.32 Å². The molecule has 34 heavy (non-hydrogen) atoms. The van der Waals surface area contributed by atoms with Gasteiger partial charge in [-0.15, -0.1) is 0 Å². The Labute approximate surface area is 198 Å². The van der Waals surface area contributed by atoms with Crippen LogP contribution in [0.5, 0.6) is 0 Å². The van der Waals surface area contributed by atoms with Crippen molar-refractivity contribution in [3.05, 3.63) is 47.2 Å². The predicted molar refractivity (Wildman–Crippen MR) is 126 cm³/mol. The molecule has 0 saturated heterocycles. The van der Waals surface area contributed by atoms with Crippen molar-refractivity contribution >= 4 is 17.5 Å². The molecule has 2 aliphatic carbocycles. The fourth-order valence-corrected chi connectivity index (χ4v) is 4.93. The molecule has 0 aliphatic heterocycles. The molecule has 3 aromatic rings. The van der Waals surface area contributed by atoms with E-state index in [1.165, 1.54) is 0 Å². The molecule has 0 radical (unpaired) electrons. The second kappa shape index (κ2) is 9.04. The van der Waals surface area contributed by atoms with Gasteiger partial charge in [0.1, 0.15) is 11.7 Å². The van der Waals surface area contributed by atoms with Crippen LogP contribution in [0.25, 0.3) is 11.3 Å². The second-order valence-electron chi connectivity index (χ2n) is 9.51. The third kappa shape index (κ3) is 4.47. The van der Waals surface area contributed by atoms with Crippen molar-refractivity contribution in [1.29, 1.82) is 0 Å². The highest BCUT2D eigenvalue weighted by Gasteiger charge is 2.48. The zero-order valence-electron chi connectivity index (χ0n) is 19.7. The first-order chi connectivity index (χ1) is 16.5. The Morgan fingerprint density at radius 1 is 1.15 bits per heavy atom. The van der Waals surface area contributed by atoms with Gasteiger partial charge in [0.2, 0.25) is 5.91 Å². The number of nitrogens with zero attached hydrogens (tertiary/aromatic N) is 3. The lowest BCUT2D eigenvalue weighted by atomic mass is 9.88. The van der Waals surface area contributed by atoms with Gasteiger partial charge in [-0.1, -0.05) is 12.1 Å². The number of hydrogen-bond acceptors (Lipinski definition) is 6. The molecule has 5 rings (SSSR count). The Bertz CT molecular complexity index is 1160. The van der Waals surface area contributed by atoms with Crippen LogP contribution in [0.2, 0.25) is 0 Å². The number of carbonyl (C=O) groups excluding carboxylic acids is 2. The molecule has 0 bridgehead atoms. The van der Waals surface area contributed by atoms with E-state index < -0.39 is 11.9 Å². The quantitative estimate of drug-likeness (QED) is 0.444. The maximum Gasteiger partial charge on any atom is 0.276 e. The molecule has 9 nitrogen and oxygen atoms in total. The maximum absolute atomic E-state index is 13.5. The maximum atomic E-state index is 13.5. The monoisotopic (exact) mass is 462 g/mol. The van der Waals surface area contributed by atoms with Gasteiger partial charge in [-0.25, -0.2) is 4.63 Å². The summed E-state index contributed by atoms with van der Waals surface area (Å²) in [5, 5.41) is 13.5. The Hall–Kier alpha value is -3.49. The molecular weight excluding hydrogens is 432 g/mol. The number of carbonyl (C=O) groups is 2. The van der Waals surface area contributed by atoms with Crippen LogP contribution >= 0.6 is 0 Å². The zero-order chi connectivity index (χ0) is 23.8. The first-order valence-electron chi connectivity index (χ1n) is 12.0. The Morgan fingerprint density at radius 3 is 2.44 bits per heavy atom. The van der Waals surface area contributed by atoms with Crippen LogP contribution < -0.4 is 10.6 Å². The molecule has 2 aliphatic rings. The number of H-pyrrole nitrogens is 1. The molecule has 0 aromatic carbocycles. The minimum Gasteiger partial charge on any atom is -0.364 e. The summed E-state index contributed by atoms with van der Waals surface area (Å²) < 4.78 is 4.76. The molecule has 3 N–H and O–H groups in total. The fourth-order valence-electron chi connectivity index (χ4n) is 4.93. The third-order valence-corrected chi connectivity index (χ3v) is 6.95. The molecule has 2 fully saturated rings. The van der Waals surface area contributed by atoms with E-state index in [1.807, 2.05) is 39.1 Å². The number of pyridine rings is 1. The van der Waals surface area contributed by atoms with Crippen molar-refractivity contribution in [3.8, 4) is 11.3 Å². The van der Waals surface area contributed by atoms with Gasteiger partial charge in [0.05, 0.1) is 17.6 Å². The number of aromatic nitrogens is 4. The molecule has 0 spiro atoms. The van der Waals surface area contributed by atoms with Crippen molar-refractivity contribution in [2.45, 2.75) is 58.9 Å². The van der Waals surface area contributed by atoms with Gasteiger partial charge in [-0.2, -0.15) is 0 Å². The number of aromatic amines is 1. The van der Waals surface area contributed by atoms with Crippen LogP contribution in [0.3, 0.4) is 0 Å². The highest BCUT2D eigenvalue weighted by Crippen LogP contribution is 2.51. The summed E-state index contributed by atoms with van der Waals surface area (Å²) >= 11 is 0. The van der Waals surface area contributed by atoms with Crippen LogP contribution in [-0.4, -0.2) is 38.1 Å². The average molecular weight is 463 g/mol. The lowest BCUT2D eigenvalue weighted by Gasteiger charge is -2.27. The van der Waals surface area contributed by atoms with E-state index in [0.717, 1.165) is 48.2 Å². The van der Waals surface area contributed by atoms with E-state index in [4.69, 9.17) is 4.63 Å². The highest BCUT2D eigenvalue weighted by molar-refractivity contribution is 6.01. The topological polar surface area (TPSA) is 126 Å². The first kappa shape index (κ1) is 22.3. The van der Waals surface area contributed by atoms with Crippen LogP contribution in [0.1, 0.15) is 60.0 Å². The molecule has 2 amide bonds. The van der Waals surface area contributed by atoms with E-state index in [9.17, 15) is 9.59 Å². The Kier molecular flexibility index (Phi) is 5.93. The summed E-state index contributed by atoms with van der Waals surface area (Å²) in [6, 6.07) is 3.10. The number of amides is 2. The second-order valence-corrected chi connectivity index (χ2v) is 9.51. The van der Waals surface area contributed by atoms with Gasteiger partial charge in [-0.05, 0) is 86.6 Å². The molecule has 0 unspecified atom stereocenters. The van der Waals surface area contributed by atoms with Crippen molar-refractivity contribution in [3.63, 3.8) is 0 Å². The SMILES string of the molecule is CCc1nonc1C(=O)N[C@H](C(=O)Nc1ccc(-c2c(C)c[nH]c2C)nc1)C(C1CC1)C1CC1. The molecule has 9 heteroatoms. The van der Waals surface area contributed by atoms with Crippen LogP contribution in [0.4, 0.5) is 5.69 Å². The first-order valence-corrected chi connectivity index (χ1v) is 12.0. The van der Waals surface area contributed by atoms with Crippen LogP contribution in [0, 0.1) is 31.6 Å². The van der Waals surface area contributed by atoms with Crippen LogP contribution in [-0.2, 0) is 11.2 Å². The van der Waals surface area contributed by atoms with Crippen LogP contribution in [0.15, 0.2) is 29.2 Å². The molecule has 1 atom stereocenters. The van der Waals surface area contributed by atoms with Gasteiger partial charge in [0.25, 0.3) is 5.91 Å². The smallest absolute Gasteiger partial charge is 0.276 e. The highest BCUT2D eigenvalue weighted by atomic mass is 16.6. The number of rotatable bonds is 9. The summed E-state index contributed by atoms with van der Waals surface area (Å²) in [6.07, 6.45) is 8.53. The lowest BCUT2D eigenvalue weighted by molar-refractivity contribution is -0.119. The standard InChI is InChI=1S/C25H30N6O3/c1-4-18-22(31-34-30-18)24(32)29-23(21(15-5-6-15)16-7-8-16)25(33)28-17-9-10-19(27-12-17)20-13(2)11-26-14(20)3/h9-12,15-16,21,23,26H,4-8H2,1-3H3,(H,28,33)(H,29,32)/t23-/m0/s1. The third-order valence-electron chi connectivity index (χ3n) is 6.95. The average Bonchev–Trinajstić information content (AvgIpc) is 3.76. The number of anilines is 1. The van der Waals surface area contributed by atoms with Gasteiger partial charge in [0, 0.05) is 17.5 Å². The van der Waals surface area contributed by atoms with E-state index in [1.54, 1.807) is 6.20 Å². The molecule has 3 heterocycles. The minimum atomic E-state index is -0.650. The van der Waals surface area contributed by atoms with Crippen molar-refractivity contribution < 1.29 is 14.2 Å². The summed E-state index contributed by atoms with van der Waals surface area (Å²) in [7, 11) is 0. The number of nitrogens with one attached hydrogen (secondary N) is 3. The molecule has 3 aromatic heterocycles. The molecule has 178 valence electrons. The summed E-state index contributed by atoms with van der Waals surface area (Å²) in [6.45, 7) is 5.93. The predicted octanol–water partition coefficient (Wildman–Crippen LogP) is 3.81. The van der Waals surface area contributed by atoms with Gasteiger partial charge < -0.3 is 15.6 Å². The van der Waals surface area contributed by atoms with E-state index in [-0.39, 0.29) is 17.5 Å². The minimum absolute atomic E-state index is 0.117. The normalized spacial score (nSPS) is 16.5. The van der Waals surface area contributed by atoms with E-state index in [0.29, 0.717) is 29.6 Å². The van der Waals surface area contributed by atoms with Gasteiger partial charge >= 0.3 is 0 Å². The van der Waals surface area contributed by atoms with Crippen molar-refractivity contribution in [1.82, 2.24) is 25.6 Å². The van der Waals surface area contributed by atoms with Crippen molar-refractivity contribution in [2.24, 2.45) is 17.8 Å². The fraction of sp³-hybridized carbons (Fsp3) is 0.480. The summed E-state index contributed by atoms with van der Waals surface area (Å²) in [5.74, 6) is 0.396. The molecular formula is C25H30N6O3. The van der Waals surface area contributed by atoms with E-state index in [2.05, 4.69) is 30.9 Å². The number of aryl methyl sites for hydroxylation is 3. The van der Waals surface area contributed by atoms with Gasteiger partial charge in [-0.3, -0.25) is 14.6 Å². The molecule has 2 saturated carbocycles. The van der Waals surface area contributed by atoms with E-state index >= 15 is 0 Å². The Morgan fingerprint density at radius 2 is 1.88 bits per heavy atom. The summed E-state index contributed by atoms with van der Waals surface area (Å²) in [4.78, 5) is 34.3. The zero-order valence-corrected chi connectivity index (χ0v) is 19.7. The summed E-state index contributed by atoms with van der Waals surface area (Å²) in [5.41, 5.74) is 5.32.